The number of carbonyl (C=O) groups excluding carboxylic acids is 1. The van der Waals surface area contributed by atoms with E-state index in [9.17, 15) is 9.18 Å². The predicted octanol–water partition coefficient (Wildman–Crippen LogP) is 3.60. The molecule has 98 valence electrons. The molecule has 0 aromatic heterocycles. The lowest BCUT2D eigenvalue weighted by Crippen LogP contribution is -2.44. The van der Waals surface area contributed by atoms with Crippen LogP contribution in [0.25, 0.3) is 0 Å². The third-order valence-electron chi connectivity index (χ3n) is 3.56. The van der Waals surface area contributed by atoms with Crippen molar-refractivity contribution in [2.45, 2.75) is 36.6 Å². The zero-order valence-electron chi connectivity index (χ0n) is 10.4. The minimum Gasteiger partial charge on any atom is -0.338 e. The largest absolute Gasteiger partial charge is 0.338 e. The Morgan fingerprint density at radius 2 is 1.89 bits per heavy atom. The second kappa shape index (κ2) is 5.83. The number of halogens is 2. The molecule has 0 radical (unpaired) electrons. The summed E-state index contributed by atoms with van der Waals surface area (Å²) in [6.45, 7) is 0. The molecule has 1 aliphatic rings. The van der Waals surface area contributed by atoms with Gasteiger partial charge in [-0.05, 0) is 37.1 Å². The van der Waals surface area contributed by atoms with Gasteiger partial charge in [0.25, 0.3) is 5.91 Å². The van der Waals surface area contributed by atoms with E-state index in [1.165, 1.54) is 18.6 Å². The molecule has 0 aliphatic heterocycles. The summed E-state index contributed by atoms with van der Waals surface area (Å²) in [4.78, 5) is 14.4. The van der Waals surface area contributed by atoms with Crippen LogP contribution in [0.1, 0.15) is 36.0 Å². The standard InChI is InChI=1S/C14H17BrFNO/c1-17(13-5-3-2-4-12(13)15)14(18)10-6-8-11(16)9-7-10/h6-9,12-13H,2-5H2,1H3. The molecular formula is C14H17BrFNO. The summed E-state index contributed by atoms with van der Waals surface area (Å²) in [7, 11) is 1.83. The van der Waals surface area contributed by atoms with Crippen molar-refractivity contribution in [1.29, 1.82) is 0 Å². The molecule has 4 heteroatoms. The van der Waals surface area contributed by atoms with Crippen molar-refractivity contribution in [3.05, 3.63) is 35.6 Å². The molecule has 0 saturated heterocycles. The normalized spacial score (nSPS) is 23.7. The average molecular weight is 314 g/mol. The lowest BCUT2D eigenvalue weighted by molar-refractivity contribution is 0.0704. The molecule has 1 fully saturated rings. The summed E-state index contributed by atoms with van der Waals surface area (Å²) in [6.07, 6.45) is 4.50. The van der Waals surface area contributed by atoms with E-state index in [0.717, 1.165) is 19.3 Å². The highest BCUT2D eigenvalue weighted by Gasteiger charge is 2.29. The minimum absolute atomic E-state index is 0.0358. The van der Waals surface area contributed by atoms with E-state index in [-0.39, 0.29) is 17.8 Å². The molecule has 2 rings (SSSR count). The van der Waals surface area contributed by atoms with Crippen molar-refractivity contribution in [2.75, 3.05) is 7.05 Å². The molecule has 0 N–H and O–H groups in total. The Bertz CT molecular complexity index is 420. The van der Waals surface area contributed by atoms with Crippen molar-refractivity contribution in [1.82, 2.24) is 4.90 Å². The van der Waals surface area contributed by atoms with E-state index < -0.39 is 0 Å². The first-order valence-corrected chi connectivity index (χ1v) is 7.18. The van der Waals surface area contributed by atoms with Crippen molar-refractivity contribution in [3.8, 4) is 0 Å². The Labute approximate surface area is 115 Å². The quantitative estimate of drug-likeness (QED) is 0.764. The summed E-state index contributed by atoms with van der Waals surface area (Å²) in [5.41, 5.74) is 0.546. The fourth-order valence-electron chi connectivity index (χ4n) is 2.45. The van der Waals surface area contributed by atoms with Crippen LogP contribution in [0.15, 0.2) is 24.3 Å². The second-order valence-corrected chi connectivity index (χ2v) is 5.97. The smallest absolute Gasteiger partial charge is 0.253 e. The molecule has 2 atom stereocenters. The fourth-order valence-corrected chi connectivity index (χ4v) is 3.39. The third kappa shape index (κ3) is 2.91. The summed E-state index contributed by atoms with van der Waals surface area (Å²) in [5, 5.41) is 0. The van der Waals surface area contributed by atoms with Gasteiger partial charge < -0.3 is 4.90 Å². The Hall–Kier alpha value is -0.900. The van der Waals surface area contributed by atoms with Crippen molar-refractivity contribution in [2.24, 2.45) is 0 Å². The molecule has 0 heterocycles. The topological polar surface area (TPSA) is 20.3 Å². The van der Waals surface area contributed by atoms with E-state index >= 15 is 0 Å². The molecule has 0 bridgehead atoms. The van der Waals surface area contributed by atoms with Crippen LogP contribution in [0.5, 0.6) is 0 Å². The maximum Gasteiger partial charge on any atom is 0.253 e. The highest BCUT2D eigenvalue weighted by molar-refractivity contribution is 9.09. The average Bonchev–Trinajstić information content (AvgIpc) is 2.38. The fraction of sp³-hybridized carbons (Fsp3) is 0.500. The van der Waals surface area contributed by atoms with Gasteiger partial charge in [0, 0.05) is 23.5 Å². The molecule has 1 saturated carbocycles. The summed E-state index contributed by atoms with van der Waals surface area (Å²) < 4.78 is 12.8. The number of carbonyl (C=O) groups is 1. The predicted molar refractivity (Wildman–Crippen MR) is 73.5 cm³/mol. The molecular weight excluding hydrogens is 297 g/mol. The maximum atomic E-state index is 12.8. The minimum atomic E-state index is -0.315. The first-order chi connectivity index (χ1) is 8.59. The Morgan fingerprint density at radius 1 is 1.28 bits per heavy atom. The van der Waals surface area contributed by atoms with Crippen LogP contribution in [0.2, 0.25) is 0 Å². The number of amides is 1. The molecule has 2 nitrogen and oxygen atoms in total. The van der Waals surface area contributed by atoms with Gasteiger partial charge >= 0.3 is 0 Å². The molecule has 1 aromatic carbocycles. The van der Waals surface area contributed by atoms with E-state index in [0.29, 0.717) is 10.4 Å². The molecule has 1 aliphatic carbocycles. The zero-order chi connectivity index (χ0) is 13.1. The number of alkyl halides is 1. The van der Waals surface area contributed by atoms with Gasteiger partial charge in [-0.1, -0.05) is 28.8 Å². The van der Waals surface area contributed by atoms with E-state index in [1.807, 2.05) is 7.05 Å². The maximum absolute atomic E-state index is 12.8. The van der Waals surface area contributed by atoms with Gasteiger partial charge in [0.05, 0.1) is 0 Å². The lowest BCUT2D eigenvalue weighted by atomic mass is 9.94. The highest BCUT2D eigenvalue weighted by atomic mass is 79.9. The van der Waals surface area contributed by atoms with Gasteiger partial charge in [0.15, 0.2) is 0 Å². The van der Waals surface area contributed by atoms with Crippen LogP contribution < -0.4 is 0 Å². The lowest BCUT2D eigenvalue weighted by Gasteiger charge is -2.35. The summed E-state index contributed by atoms with van der Waals surface area (Å²) >= 11 is 3.65. The van der Waals surface area contributed by atoms with Gasteiger partial charge in [0.1, 0.15) is 5.82 Å². The van der Waals surface area contributed by atoms with Crippen molar-refractivity contribution >= 4 is 21.8 Å². The van der Waals surface area contributed by atoms with Gasteiger partial charge in [-0.15, -0.1) is 0 Å². The third-order valence-corrected chi connectivity index (χ3v) is 4.62. The molecule has 1 amide bonds. The first-order valence-electron chi connectivity index (χ1n) is 6.26. The van der Waals surface area contributed by atoms with E-state index in [1.54, 1.807) is 17.0 Å². The molecule has 0 spiro atoms. The van der Waals surface area contributed by atoms with Crippen molar-refractivity contribution < 1.29 is 9.18 Å². The number of nitrogens with zero attached hydrogens (tertiary/aromatic N) is 1. The number of benzene rings is 1. The van der Waals surface area contributed by atoms with Crippen molar-refractivity contribution in [3.63, 3.8) is 0 Å². The van der Waals surface area contributed by atoms with Crippen LogP contribution in [0.3, 0.4) is 0 Å². The van der Waals surface area contributed by atoms with Crippen LogP contribution in [0, 0.1) is 5.82 Å². The van der Waals surface area contributed by atoms with Crippen LogP contribution in [0.4, 0.5) is 4.39 Å². The first kappa shape index (κ1) is 13.5. The van der Waals surface area contributed by atoms with E-state index in [4.69, 9.17) is 0 Å². The van der Waals surface area contributed by atoms with Crippen LogP contribution >= 0.6 is 15.9 Å². The van der Waals surface area contributed by atoms with Gasteiger partial charge in [-0.2, -0.15) is 0 Å². The second-order valence-electron chi connectivity index (χ2n) is 4.79. The highest BCUT2D eigenvalue weighted by Crippen LogP contribution is 2.28. The molecule has 2 unspecified atom stereocenters. The summed E-state index contributed by atoms with van der Waals surface area (Å²) in [5.74, 6) is -0.350. The SMILES string of the molecule is CN(C(=O)c1ccc(F)cc1)C1CCCCC1Br. The number of rotatable bonds is 2. The Kier molecular flexibility index (Phi) is 4.38. The Balaban J connectivity index is 2.10. The summed E-state index contributed by atoms with van der Waals surface area (Å²) in [6, 6.07) is 5.97. The zero-order valence-corrected chi connectivity index (χ0v) is 12.0. The van der Waals surface area contributed by atoms with Crippen LogP contribution in [-0.4, -0.2) is 28.7 Å². The molecule has 18 heavy (non-hydrogen) atoms. The molecule has 1 aromatic rings. The number of hydrogen-bond acceptors (Lipinski definition) is 1. The van der Waals surface area contributed by atoms with Gasteiger partial charge in [-0.3, -0.25) is 4.79 Å². The Morgan fingerprint density at radius 3 is 2.50 bits per heavy atom. The van der Waals surface area contributed by atoms with Gasteiger partial charge in [-0.25, -0.2) is 4.39 Å². The number of hydrogen-bond donors (Lipinski definition) is 0. The van der Waals surface area contributed by atoms with Crippen LogP contribution in [-0.2, 0) is 0 Å². The van der Waals surface area contributed by atoms with E-state index in [2.05, 4.69) is 15.9 Å². The monoisotopic (exact) mass is 313 g/mol. The van der Waals surface area contributed by atoms with Gasteiger partial charge in [0.2, 0.25) is 0 Å².